The van der Waals surface area contributed by atoms with E-state index in [9.17, 15) is 9.59 Å². The summed E-state index contributed by atoms with van der Waals surface area (Å²) < 4.78 is 0. The van der Waals surface area contributed by atoms with Gasteiger partial charge < -0.3 is 10.6 Å². The van der Waals surface area contributed by atoms with Crippen LogP contribution < -0.4 is 5.73 Å². The number of primary amides is 1. The molecule has 1 rings (SSSR count). The number of halogens is 1. The molecule has 0 radical (unpaired) electrons. The Hall–Kier alpha value is -1.55. The van der Waals surface area contributed by atoms with E-state index < -0.39 is 11.3 Å². The number of carbonyl (C=O) groups excluding carboxylic acids is 2. The molecule has 2 N–H and O–H groups in total. The maximum absolute atomic E-state index is 11.8. The van der Waals surface area contributed by atoms with Crippen molar-refractivity contribution in [1.82, 2.24) is 4.90 Å². The normalized spacial score (nSPS) is 11.9. The van der Waals surface area contributed by atoms with Crippen molar-refractivity contribution in [3.8, 4) is 0 Å². The molecule has 5 heteroatoms. The van der Waals surface area contributed by atoms with Crippen molar-refractivity contribution in [2.45, 2.75) is 5.38 Å². The highest BCUT2D eigenvalue weighted by Crippen LogP contribution is 2.21. The van der Waals surface area contributed by atoms with E-state index >= 15 is 0 Å². The van der Waals surface area contributed by atoms with Crippen LogP contribution in [-0.2, 0) is 9.59 Å². The second-order valence-electron chi connectivity index (χ2n) is 3.43. The third kappa shape index (κ3) is 3.24. The summed E-state index contributed by atoms with van der Waals surface area (Å²) in [4.78, 5) is 23.6. The molecule has 1 atom stereocenters. The molecule has 16 heavy (non-hydrogen) atoms. The molecular weight excluding hydrogens is 228 g/mol. The third-order valence-electron chi connectivity index (χ3n) is 2.08. The summed E-state index contributed by atoms with van der Waals surface area (Å²) in [6.07, 6.45) is 0. The van der Waals surface area contributed by atoms with Crippen LogP contribution in [0.4, 0.5) is 0 Å². The van der Waals surface area contributed by atoms with Gasteiger partial charge in [0, 0.05) is 7.05 Å². The molecule has 0 saturated heterocycles. The van der Waals surface area contributed by atoms with Crippen LogP contribution in [0.3, 0.4) is 0 Å². The van der Waals surface area contributed by atoms with Crippen LogP contribution in [0.2, 0.25) is 0 Å². The first-order chi connectivity index (χ1) is 7.52. The molecule has 0 spiro atoms. The molecule has 86 valence electrons. The van der Waals surface area contributed by atoms with E-state index in [0.717, 1.165) is 0 Å². The topological polar surface area (TPSA) is 63.4 Å². The second kappa shape index (κ2) is 5.51. The van der Waals surface area contributed by atoms with Crippen molar-refractivity contribution in [3.05, 3.63) is 35.9 Å². The molecule has 0 aliphatic rings. The van der Waals surface area contributed by atoms with E-state index in [1.54, 1.807) is 24.3 Å². The van der Waals surface area contributed by atoms with Crippen LogP contribution in [0.1, 0.15) is 10.9 Å². The predicted molar refractivity (Wildman–Crippen MR) is 61.9 cm³/mol. The van der Waals surface area contributed by atoms with Gasteiger partial charge in [-0.3, -0.25) is 9.59 Å². The predicted octanol–water partition coefficient (Wildman–Crippen LogP) is 0.910. The average molecular weight is 241 g/mol. The minimum Gasteiger partial charge on any atom is -0.368 e. The van der Waals surface area contributed by atoms with E-state index in [0.29, 0.717) is 5.56 Å². The highest BCUT2D eigenvalue weighted by Gasteiger charge is 2.21. The quantitative estimate of drug-likeness (QED) is 0.796. The van der Waals surface area contributed by atoms with Gasteiger partial charge in [-0.15, -0.1) is 11.6 Å². The number of alkyl halides is 1. The van der Waals surface area contributed by atoms with Crippen molar-refractivity contribution < 1.29 is 9.59 Å². The number of rotatable bonds is 4. The van der Waals surface area contributed by atoms with Gasteiger partial charge in [0.15, 0.2) is 0 Å². The molecule has 2 amide bonds. The Bertz CT molecular complexity index is 381. The summed E-state index contributed by atoms with van der Waals surface area (Å²) in [5.74, 6) is -0.903. The number of carbonyl (C=O) groups is 2. The summed E-state index contributed by atoms with van der Waals surface area (Å²) in [7, 11) is 1.49. The summed E-state index contributed by atoms with van der Waals surface area (Å²) in [6.45, 7) is -0.130. The fourth-order valence-electron chi connectivity index (χ4n) is 1.27. The van der Waals surface area contributed by atoms with E-state index in [-0.39, 0.29) is 12.5 Å². The standard InChI is InChI=1S/C11H13ClN2O2/c1-14(7-9(13)15)11(16)10(12)8-5-3-2-4-6-8/h2-6,10H,7H2,1H3,(H2,13,15). The van der Waals surface area contributed by atoms with Crippen LogP contribution in [-0.4, -0.2) is 30.3 Å². The summed E-state index contributed by atoms with van der Waals surface area (Å²) >= 11 is 5.99. The molecule has 1 aromatic rings. The molecule has 0 heterocycles. The molecule has 0 aliphatic carbocycles. The van der Waals surface area contributed by atoms with Crippen LogP contribution in [0.5, 0.6) is 0 Å². The Kier molecular flexibility index (Phi) is 4.31. The van der Waals surface area contributed by atoms with Gasteiger partial charge in [-0.2, -0.15) is 0 Å². The van der Waals surface area contributed by atoms with E-state index in [2.05, 4.69) is 0 Å². The lowest BCUT2D eigenvalue weighted by Crippen LogP contribution is -2.37. The first kappa shape index (κ1) is 12.5. The van der Waals surface area contributed by atoms with Crippen LogP contribution >= 0.6 is 11.6 Å². The summed E-state index contributed by atoms with van der Waals surface area (Å²) in [6, 6.07) is 8.95. The first-order valence-corrected chi connectivity index (χ1v) is 5.18. The van der Waals surface area contributed by atoms with Gasteiger partial charge in [0.1, 0.15) is 5.38 Å². The van der Waals surface area contributed by atoms with Gasteiger partial charge >= 0.3 is 0 Å². The lowest BCUT2D eigenvalue weighted by atomic mass is 10.1. The van der Waals surface area contributed by atoms with Gasteiger partial charge in [-0.1, -0.05) is 30.3 Å². The fourth-order valence-corrected chi connectivity index (χ4v) is 1.58. The molecule has 0 bridgehead atoms. The minimum atomic E-state index is -0.787. The molecular formula is C11H13ClN2O2. The highest BCUT2D eigenvalue weighted by molar-refractivity contribution is 6.30. The zero-order chi connectivity index (χ0) is 12.1. The van der Waals surface area contributed by atoms with Crippen molar-refractivity contribution in [1.29, 1.82) is 0 Å². The van der Waals surface area contributed by atoms with Crippen molar-refractivity contribution >= 4 is 23.4 Å². The monoisotopic (exact) mass is 240 g/mol. The SMILES string of the molecule is CN(CC(N)=O)C(=O)C(Cl)c1ccccc1. The number of amides is 2. The van der Waals surface area contributed by atoms with Gasteiger partial charge in [0.05, 0.1) is 6.54 Å². The van der Waals surface area contributed by atoms with Gasteiger partial charge in [-0.25, -0.2) is 0 Å². The Morgan fingerprint density at radius 2 is 1.94 bits per heavy atom. The number of likely N-dealkylation sites (N-methyl/N-ethyl adjacent to an activating group) is 1. The molecule has 0 fully saturated rings. The Morgan fingerprint density at radius 1 is 1.38 bits per heavy atom. The molecule has 1 aromatic carbocycles. The van der Waals surface area contributed by atoms with E-state index in [1.165, 1.54) is 11.9 Å². The Labute approximate surface area is 99.0 Å². The zero-order valence-electron chi connectivity index (χ0n) is 8.89. The Morgan fingerprint density at radius 3 is 2.44 bits per heavy atom. The van der Waals surface area contributed by atoms with Crippen molar-refractivity contribution in [2.75, 3.05) is 13.6 Å². The van der Waals surface area contributed by atoms with Crippen molar-refractivity contribution in [3.63, 3.8) is 0 Å². The van der Waals surface area contributed by atoms with Crippen LogP contribution in [0, 0.1) is 0 Å². The minimum absolute atomic E-state index is 0.130. The van der Waals surface area contributed by atoms with Gasteiger partial charge in [0.2, 0.25) is 11.8 Å². The summed E-state index contributed by atoms with van der Waals surface area (Å²) in [5, 5.41) is -0.787. The molecule has 0 aliphatic heterocycles. The molecule has 0 aromatic heterocycles. The lowest BCUT2D eigenvalue weighted by molar-refractivity contribution is -0.133. The first-order valence-electron chi connectivity index (χ1n) is 4.74. The number of hydrogen-bond donors (Lipinski definition) is 1. The molecule has 1 unspecified atom stereocenters. The third-order valence-corrected chi connectivity index (χ3v) is 2.52. The smallest absolute Gasteiger partial charge is 0.245 e. The molecule has 0 saturated carbocycles. The fraction of sp³-hybridized carbons (Fsp3) is 0.273. The van der Waals surface area contributed by atoms with Crippen LogP contribution in [0.25, 0.3) is 0 Å². The maximum atomic E-state index is 11.8. The number of benzene rings is 1. The van der Waals surface area contributed by atoms with Crippen LogP contribution in [0.15, 0.2) is 30.3 Å². The Balaban J connectivity index is 2.71. The second-order valence-corrected chi connectivity index (χ2v) is 3.87. The number of nitrogens with two attached hydrogens (primary N) is 1. The summed E-state index contributed by atoms with van der Waals surface area (Å²) in [5.41, 5.74) is 5.69. The van der Waals surface area contributed by atoms with E-state index in [1.807, 2.05) is 6.07 Å². The number of hydrogen-bond acceptors (Lipinski definition) is 2. The van der Waals surface area contributed by atoms with Crippen molar-refractivity contribution in [2.24, 2.45) is 5.73 Å². The highest BCUT2D eigenvalue weighted by atomic mass is 35.5. The van der Waals surface area contributed by atoms with E-state index in [4.69, 9.17) is 17.3 Å². The zero-order valence-corrected chi connectivity index (χ0v) is 9.65. The van der Waals surface area contributed by atoms with Gasteiger partial charge in [-0.05, 0) is 5.56 Å². The average Bonchev–Trinajstić information content (AvgIpc) is 2.27. The maximum Gasteiger partial charge on any atom is 0.245 e. The lowest BCUT2D eigenvalue weighted by Gasteiger charge is -2.18. The molecule has 4 nitrogen and oxygen atoms in total. The van der Waals surface area contributed by atoms with Gasteiger partial charge in [0.25, 0.3) is 0 Å². The number of nitrogens with zero attached hydrogens (tertiary/aromatic N) is 1. The largest absolute Gasteiger partial charge is 0.368 e.